The molecule has 2 heterocycles. The topological polar surface area (TPSA) is 95.0 Å². The monoisotopic (exact) mass is 544 g/mol. The Morgan fingerprint density at radius 3 is 2.70 bits per heavy atom. The van der Waals surface area contributed by atoms with Gasteiger partial charge in [-0.3, -0.25) is 4.90 Å². The van der Waals surface area contributed by atoms with Crippen molar-refractivity contribution >= 4 is 40.2 Å². The van der Waals surface area contributed by atoms with Crippen LogP contribution in [0.5, 0.6) is 5.75 Å². The molecule has 0 saturated heterocycles. The van der Waals surface area contributed by atoms with Gasteiger partial charge < -0.3 is 24.7 Å². The first-order valence-electron chi connectivity index (χ1n) is 12.2. The molecule has 0 bridgehead atoms. The lowest BCUT2D eigenvalue weighted by Gasteiger charge is -2.34. The summed E-state index contributed by atoms with van der Waals surface area (Å²) < 4.78 is 11.4. The molecular weight excluding hydrogens is 515 g/mol. The smallest absolute Gasteiger partial charge is 0.415 e. The minimum Gasteiger partial charge on any atom is -0.494 e. The summed E-state index contributed by atoms with van der Waals surface area (Å²) in [6.07, 6.45) is 5.90. The van der Waals surface area contributed by atoms with Crippen molar-refractivity contribution in [1.29, 1.82) is 0 Å². The minimum atomic E-state index is -0.807. The number of aromatic amines is 1. The molecule has 0 radical (unpaired) electrons. The van der Waals surface area contributed by atoms with E-state index in [1.807, 2.05) is 43.4 Å². The number of nitrogens with one attached hydrogen (secondary N) is 1. The molecule has 9 heteroatoms. The van der Waals surface area contributed by atoms with E-state index in [9.17, 15) is 9.90 Å². The van der Waals surface area contributed by atoms with Gasteiger partial charge in [0.1, 0.15) is 11.5 Å². The number of halogens is 2. The molecule has 0 spiro atoms. The third kappa shape index (κ3) is 6.67. The number of hydrogen-bond acceptors (Lipinski definition) is 5. The Morgan fingerprint density at radius 1 is 1.22 bits per heavy atom. The Kier molecular flexibility index (Phi) is 9.16. The van der Waals surface area contributed by atoms with Crippen molar-refractivity contribution in [1.82, 2.24) is 9.88 Å². The summed E-state index contributed by atoms with van der Waals surface area (Å²) in [5.41, 5.74) is 3.07. The molecule has 1 aliphatic rings. The molecule has 2 unspecified atom stereocenters. The molecule has 0 aliphatic carbocycles. The van der Waals surface area contributed by atoms with E-state index in [0.717, 1.165) is 22.2 Å². The molecule has 1 aromatic heterocycles. The second-order valence-electron chi connectivity index (χ2n) is 8.79. The van der Waals surface area contributed by atoms with Crippen LogP contribution < -0.4 is 4.74 Å². The number of fused-ring (bicyclic) bond motifs is 3. The average Bonchev–Trinajstić information content (AvgIpc) is 3.27. The summed E-state index contributed by atoms with van der Waals surface area (Å²) in [5, 5.41) is 20.8. The average molecular weight is 545 g/mol. The van der Waals surface area contributed by atoms with Gasteiger partial charge in [-0.1, -0.05) is 29.3 Å². The molecule has 3 aromatic rings. The Balaban J connectivity index is 1.56. The van der Waals surface area contributed by atoms with E-state index in [1.165, 1.54) is 0 Å². The fourth-order valence-electron chi connectivity index (χ4n) is 4.41. The van der Waals surface area contributed by atoms with Gasteiger partial charge in [-0.2, -0.15) is 0 Å². The summed E-state index contributed by atoms with van der Waals surface area (Å²) in [6.45, 7) is 2.33. The number of H-pyrrole nitrogens is 1. The third-order valence-electron chi connectivity index (χ3n) is 6.32. The van der Waals surface area contributed by atoms with Crippen LogP contribution in [-0.4, -0.2) is 52.1 Å². The SMILES string of the molecule is CC=C(C=CCC1c2[nH]c3ccc(Cl)cc3c2CCN1C(=O)Oc1ccc(Cl)cc1)OCCC(O)CO. The highest BCUT2D eigenvalue weighted by molar-refractivity contribution is 6.31. The number of benzene rings is 2. The van der Waals surface area contributed by atoms with Crippen LogP contribution in [0.4, 0.5) is 4.79 Å². The molecule has 0 saturated carbocycles. The lowest BCUT2D eigenvalue weighted by atomic mass is 9.95. The van der Waals surface area contributed by atoms with Gasteiger partial charge in [-0.25, -0.2) is 4.79 Å². The number of ether oxygens (including phenoxy) is 2. The van der Waals surface area contributed by atoms with E-state index in [-0.39, 0.29) is 19.3 Å². The Bertz CT molecular complexity index is 1290. The van der Waals surface area contributed by atoms with E-state index in [1.54, 1.807) is 29.2 Å². The maximum absolute atomic E-state index is 13.3. The lowest BCUT2D eigenvalue weighted by molar-refractivity contribution is 0.0660. The number of allylic oxidation sites excluding steroid dienone is 2. The van der Waals surface area contributed by atoms with Gasteiger partial charge in [0.15, 0.2) is 0 Å². The van der Waals surface area contributed by atoms with E-state index < -0.39 is 12.2 Å². The summed E-state index contributed by atoms with van der Waals surface area (Å²) in [4.78, 5) is 18.5. The number of aliphatic hydroxyl groups is 2. The van der Waals surface area contributed by atoms with Gasteiger partial charge in [0.05, 0.1) is 25.4 Å². The normalized spacial score (nSPS) is 16.7. The highest BCUT2D eigenvalue weighted by Gasteiger charge is 2.34. The number of carbonyl (C=O) groups is 1. The number of rotatable bonds is 9. The molecule has 2 aromatic carbocycles. The molecule has 37 heavy (non-hydrogen) atoms. The standard InChI is InChI=1S/C28H30Cl2N2O5/c1-2-21(36-15-13-20(34)17-33)4-3-5-26-27-23(24-16-19(30)8-11-25(24)31-27)12-14-32(26)28(35)37-22-9-6-18(29)7-10-22/h2-4,6-11,16,20,26,31,33-34H,5,12-15,17H2,1H3. The van der Waals surface area contributed by atoms with Crippen molar-refractivity contribution in [3.8, 4) is 5.75 Å². The lowest BCUT2D eigenvalue weighted by Crippen LogP contribution is -2.41. The third-order valence-corrected chi connectivity index (χ3v) is 6.81. The van der Waals surface area contributed by atoms with E-state index in [2.05, 4.69) is 4.98 Å². The van der Waals surface area contributed by atoms with Crippen molar-refractivity contribution in [2.75, 3.05) is 19.8 Å². The fraction of sp³-hybridized carbons (Fsp3) is 0.321. The van der Waals surface area contributed by atoms with Gasteiger partial charge >= 0.3 is 6.09 Å². The molecule has 2 atom stereocenters. The van der Waals surface area contributed by atoms with Crippen LogP contribution in [0.2, 0.25) is 10.0 Å². The van der Waals surface area contributed by atoms with E-state index in [0.29, 0.717) is 47.4 Å². The van der Waals surface area contributed by atoms with Crippen LogP contribution in [0.3, 0.4) is 0 Å². The Hall–Kier alpha value is -2.97. The van der Waals surface area contributed by atoms with Crippen molar-refractivity contribution in [2.24, 2.45) is 0 Å². The number of aliphatic hydroxyl groups excluding tert-OH is 2. The zero-order valence-corrected chi connectivity index (χ0v) is 22.0. The Labute approximate surface area is 225 Å². The molecule has 7 nitrogen and oxygen atoms in total. The maximum atomic E-state index is 13.3. The number of hydrogen-bond donors (Lipinski definition) is 3. The minimum absolute atomic E-state index is 0.279. The van der Waals surface area contributed by atoms with Crippen LogP contribution in [0, 0.1) is 0 Å². The summed E-state index contributed by atoms with van der Waals surface area (Å²) in [6, 6.07) is 12.1. The zero-order valence-electron chi connectivity index (χ0n) is 20.5. The van der Waals surface area contributed by atoms with Crippen molar-refractivity contribution in [3.63, 3.8) is 0 Å². The number of nitrogens with zero attached hydrogens (tertiary/aromatic N) is 1. The second kappa shape index (κ2) is 12.5. The van der Waals surface area contributed by atoms with Crippen LogP contribution >= 0.6 is 23.2 Å². The second-order valence-corrected chi connectivity index (χ2v) is 9.66. The molecule has 1 amide bonds. The number of carbonyl (C=O) groups excluding carboxylic acids is 1. The van der Waals surface area contributed by atoms with Crippen LogP contribution in [0.25, 0.3) is 10.9 Å². The first kappa shape index (κ1) is 27.1. The largest absolute Gasteiger partial charge is 0.494 e. The van der Waals surface area contributed by atoms with Crippen molar-refractivity contribution < 1.29 is 24.5 Å². The van der Waals surface area contributed by atoms with Gasteiger partial charge in [0.2, 0.25) is 0 Å². The highest BCUT2D eigenvalue weighted by atomic mass is 35.5. The Morgan fingerprint density at radius 2 is 1.97 bits per heavy atom. The van der Waals surface area contributed by atoms with Crippen LogP contribution in [0.15, 0.2) is 66.5 Å². The number of aromatic nitrogens is 1. The fourth-order valence-corrected chi connectivity index (χ4v) is 4.71. The van der Waals surface area contributed by atoms with Gasteiger partial charge in [0, 0.05) is 39.6 Å². The molecule has 0 fully saturated rings. The quantitative estimate of drug-likeness (QED) is 0.220. The van der Waals surface area contributed by atoms with Gasteiger partial charge in [-0.15, -0.1) is 0 Å². The molecule has 3 N–H and O–H groups in total. The zero-order chi connectivity index (χ0) is 26.4. The molecule has 4 rings (SSSR count). The summed E-state index contributed by atoms with van der Waals surface area (Å²) in [5.74, 6) is 1.06. The van der Waals surface area contributed by atoms with Crippen molar-refractivity contribution in [2.45, 2.75) is 38.3 Å². The summed E-state index contributed by atoms with van der Waals surface area (Å²) in [7, 11) is 0. The predicted octanol–water partition coefficient (Wildman–Crippen LogP) is 6.18. The van der Waals surface area contributed by atoms with E-state index in [4.69, 9.17) is 37.8 Å². The molecule has 196 valence electrons. The van der Waals surface area contributed by atoms with Crippen molar-refractivity contribution in [3.05, 3.63) is 87.8 Å². The first-order valence-corrected chi connectivity index (χ1v) is 12.9. The molecule has 1 aliphatic heterocycles. The highest BCUT2D eigenvalue weighted by Crippen LogP contribution is 2.38. The first-order chi connectivity index (χ1) is 17.9. The summed E-state index contributed by atoms with van der Waals surface area (Å²) >= 11 is 12.2. The number of amides is 1. The van der Waals surface area contributed by atoms with Crippen LogP contribution in [0.1, 0.15) is 37.1 Å². The van der Waals surface area contributed by atoms with Gasteiger partial charge in [0.25, 0.3) is 0 Å². The maximum Gasteiger partial charge on any atom is 0.415 e. The van der Waals surface area contributed by atoms with Crippen LogP contribution in [-0.2, 0) is 11.2 Å². The van der Waals surface area contributed by atoms with E-state index >= 15 is 0 Å². The molecular formula is C28H30Cl2N2O5. The van der Waals surface area contributed by atoms with Gasteiger partial charge in [-0.05, 0) is 79.9 Å². The predicted molar refractivity (Wildman–Crippen MR) is 145 cm³/mol.